The van der Waals surface area contributed by atoms with Crippen molar-refractivity contribution in [2.75, 3.05) is 19.0 Å². The first kappa shape index (κ1) is 13.4. The van der Waals surface area contributed by atoms with Crippen molar-refractivity contribution in [1.82, 2.24) is 0 Å². The van der Waals surface area contributed by atoms with Crippen molar-refractivity contribution in [2.45, 2.75) is 6.10 Å². The third kappa shape index (κ3) is 3.70. The number of aliphatic hydroxyl groups excluding tert-OH is 1. The molecule has 0 saturated heterocycles. The van der Waals surface area contributed by atoms with Gasteiger partial charge >= 0.3 is 0 Å². The molecule has 98 valence electrons. The van der Waals surface area contributed by atoms with Crippen LogP contribution in [-0.2, 0) is 0 Å². The van der Waals surface area contributed by atoms with E-state index in [1.807, 2.05) is 62.6 Å². The summed E-state index contributed by atoms with van der Waals surface area (Å²) in [6, 6.07) is 17.9. The summed E-state index contributed by atoms with van der Waals surface area (Å²) in [6.07, 6.45) is 3.19. The van der Waals surface area contributed by atoms with Crippen molar-refractivity contribution in [2.24, 2.45) is 0 Å². The molecule has 0 aliphatic carbocycles. The van der Waals surface area contributed by atoms with E-state index >= 15 is 0 Å². The molecule has 0 amide bonds. The molecule has 2 rings (SSSR count). The van der Waals surface area contributed by atoms with E-state index in [1.54, 1.807) is 6.08 Å². The molecule has 0 aliphatic heterocycles. The van der Waals surface area contributed by atoms with Gasteiger partial charge in [-0.1, -0.05) is 54.6 Å². The van der Waals surface area contributed by atoms with Gasteiger partial charge in [-0.15, -0.1) is 0 Å². The predicted octanol–water partition coefficient (Wildman–Crippen LogP) is 3.50. The van der Waals surface area contributed by atoms with E-state index in [0.29, 0.717) is 0 Å². The first-order valence-corrected chi connectivity index (χ1v) is 6.35. The summed E-state index contributed by atoms with van der Waals surface area (Å²) in [5.41, 5.74) is 3.16. The molecule has 0 heterocycles. The maximum absolute atomic E-state index is 10.0. The normalized spacial score (nSPS) is 12.6. The van der Waals surface area contributed by atoms with Crippen molar-refractivity contribution >= 4 is 11.8 Å². The molecule has 2 heteroatoms. The molecule has 2 nitrogen and oxygen atoms in total. The molecule has 0 radical (unpaired) electrons. The van der Waals surface area contributed by atoms with Crippen molar-refractivity contribution in [3.8, 4) is 0 Å². The number of hydrogen-bond donors (Lipinski definition) is 1. The molecule has 0 saturated carbocycles. The van der Waals surface area contributed by atoms with Crippen LogP contribution in [0.4, 0.5) is 5.69 Å². The van der Waals surface area contributed by atoms with E-state index in [1.165, 1.54) is 5.69 Å². The van der Waals surface area contributed by atoms with Crippen LogP contribution >= 0.6 is 0 Å². The van der Waals surface area contributed by atoms with Crippen molar-refractivity contribution in [1.29, 1.82) is 0 Å². The van der Waals surface area contributed by atoms with Gasteiger partial charge in [0.25, 0.3) is 0 Å². The third-order valence-corrected chi connectivity index (χ3v) is 3.02. The van der Waals surface area contributed by atoms with Gasteiger partial charge in [-0.25, -0.2) is 0 Å². The maximum Gasteiger partial charge on any atom is 0.0975 e. The van der Waals surface area contributed by atoms with E-state index in [0.717, 1.165) is 11.1 Å². The third-order valence-electron chi connectivity index (χ3n) is 3.02. The zero-order valence-electron chi connectivity index (χ0n) is 11.3. The summed E-state index contributed by atoms with van der Waals surface area (Å²) in [5, 5.41) is 10.0. The van der Waals surface area contributed by atoms with Gasteiger partial charge in [0.05, 0.1) is 6.10 Å². The summed E-state index contributed by atoms with van der Waals surface area (Å²) in [5.74, 6) is 0. The molecule has 1 N–H and O–H groups in total. The summed E-state index contributed by atoms with van der Waals surface area (Å²) >= 11 is 0. The van der Waals surface area contributed by atoms with Crippen LogP contribution in [-0.4, -0.2) is 19.2 Å². The second kappa shape index (κ2) is 6.21. The number of nitrogens with zero attached hydrogens (tertiary/aromatic N) is 1. The summed E-state index contributed by atoms with van der Waals surface area (Å²) in [4.78, 5) is 2.06. The fourth-order valence-electron chi connectivity index (χ4n) is 1.85. The lowest BCUT2D eigenvalue weighted by molar-refractivity contribution is 0.229. The number of rotatable bonds is 4. The second-order valence-corrected chi connectivity index (χ2v) is 4.70. The highest BCUT2D eigenvalue weighted by molar-refractivity contribution is 5.56. The van der Waals surface area contributed by atoms with E-state index in [4.69, 9.17) is 0 Å². The molecular weight excluding hydrogens is 234 g/mol. The zero-order chi connectivity index (χ0) is 13.7. The minimum atomic E-state index is -0.560. The van der Waals surface area contributed by atoms with Crippen molar-refractivity contribution < 1.29 is 5.11 Å². The summed E-state index contributed by atoms with van der Waals surface area (Å²) in [6.45, 7) is 0. The Hall–Kier alpha value is -2.06. The van der Waals surface area contributed by atoms with E-state index < -0.39 is 6.10 Å². The highest BCUT2D eigenvalue weighted by Gasteiger charge is 2.01. The van der Waals surface area contributed by atoms with Crippen molar-refractivity contribution in [3.05, 3.63) is 71.8 Å². The minimum Gasteiger partial charge on any atom is -0.384 e. The van der Waals surface area contributed by atoms with Gasteiger partial charge in [0.15, 0.2) is 0 Å². The van der Waals surface area contributed by atoms with Gasteiger partial charge in [0.1, 0.15) is 0 Å². The van der Waals surface area contributed by atoms with Crippen LogP contribution in [0.15, 0.2) is 60.7 Å². The molecule has 0 bridgehead atoms. The Bertz CT molecular complexity index is 529. The Morgan fingerprint density at radius 2 is 1.58 bits per heavy atom. The molecule has 0 unspecified atom stereocenters. The topological polar surface area (TPSA) is 23.5 Å². The first-order chi connectivity index (χ1) is 9.16. The Morgan fingerprint density at radius 1 is 0.947 bits per heavy atom. The number of benzene rings is 2. The lowest BCUT2D eigenvalue weighted by Crippen LogP contribution is -2.07. The number of anilines is 1. The molecule has 0 fully saturated rings. The van der Waals surface area contributed by atoms with Crippen molar-refractivity contribution in [3.63, 3.8) is 0 Å². The zero-order valence-corrected chi connectivity index (χ0v) is 11.3. The lowest BCUT2D eigenvalue weighted by atomic mass is 10.1. The second-order valence-electron chi connectivity index (χ2n) is 4.70. The van der Waals surface area contributed by atoms with Crippen LogP contribution < -0.4 is 4.90 Å². The standard InChI is InChI=1S/C17H19NO/c1-18(2)16-11-8-14(9-12-16)10-13-17(19)15-6-4-3-5-7-15/h3-13,17,19H,1-2H3/b13-10+/t17-/m1/s1. The number of hydrogen-bond acceptors (Lipinski definition) is 2. The smallest absolute Gasteiger partial charge is 0.0975 e. The van der Waals surface area contributed by atoms with E-state index in [2.05, 4.69) is 17.0 Å². The Morgan fingerprint density at radius 3 is 2.16 bits per heavy atom. The fourth-order valence-corrected chi connectivity index (χ4v) is 1.85. The van der Waals surface area contributed by atoms with Crippen LogP contribution in [0.3, 0.4) is 0 Å². The van der Waals surface area contributed by atoms with Gasteiger partial charge < -0.3 is 10.0 Å². The minimum absolute atomic E-state index is 0.560. The quantitative estimate of drug-likeness (QED) is 0.901. The molecule has 2 aromatic carbocycles. The highest BCUT2D eigenvalue weighted by Crippen LogP contribution is 2.17. The van der Waals surface area contributed by atoms with Crippen LogP contribution in [0, 0.1) is 0 Å². The lowest BCUT2D eigenvalue weighted by Gasteiger charge is -2.12. The Labute approximate surface area is 114 Å². The molecule has 0 aliphatic rings. The maximum atomic E-state index is 10.0. The molecular formula is C17H19NO. The molecule has 1 atom stereocenters. The van der Waals surface area contributed by atoms with Crippen LogP contribution in [0.5, 0.6) is 0 Å². The predicted molar refractivity (Wildman–Crippen MR) is 81.2 cm³/mol. The number of aliphatic hydroxyl groups is 1. The summed E-state index contributed by atoms with van der Waals surface area (Å²) < 4.78 is 0. The van der Waals surface area contributed by atoms with Gasteiger partial charge in [0, 0.05) is 19.8 Å². The summed E-state index contributed by atoms with van der Waals surface area (Å²) in [7, 11) is 4.04. The monoisotopic (exact) mass is 253 g/mol. The molecule has 19 heavy (non-hydrogen) atoms. The average molecular weight is 253 g/mol. The molecule has 2 aromatic rings. The van der Waals surface area contributed by atoms with Crippen LogP contribution in [0.25, 0.3) is 6.08 Å². The van der Waals surface area contributed by atoms with Gasteiger partial charge in [0.2, 0.25) is 0 Å². The molecule has 0 spiro atoms. The van der Waals surface area contributed by atoms with E-state index in [9.17, 15) is 5.11 Å². The van der Waals surface area contributed by atoms with Crippen LogP contribution in [0.1, 0.15) is 17.2 Å². The first-order valence-electron chi connectivity index (χ1n) is 6.35. The van der Waals surface area contributed by atoms with Gasteiger partial charge in [-0.2, -0.15) is 0 Å². The average Bonchev–Trinajstić information content (AvgIpc) is 2.46. The van der Waals surface area contributed by atoms with E-state index in [-0.39, 0.29) is 0 Å². The SMILES string of the molecule is CN(C)c1ccc(/C=C/[C@@H](O)c2ccccc2)cc1. The Kier molecular flexibility index (Phi) is 4.37. The highest BCUT2D eigenvalue weighted by atomic mass is 16.3. The molecule has 0 aromatic heterocycles. The Balaban J connectivity index is 2.06. The van der Waals surface area contributed by atoms with Gasteiger partial charge in [-0.05, 0) is 23.3 Å². The largest absolute Gasteiger partial charge is 0.384 e. The van der Waals surface area contributed by atoms with Crippen LogP contribution in [0.2, 0.25) is 0 Å². The van der Waals surface area contributed by atoms with Gasteiger partial charge in [-0.3, -0.25) is 0 Å². The fraction of sp³-hybridized carbons (Fsp3) is 0.176.